The standard InChI is InChI=1S/C20H23O5P/c1-14(2)13-26(23,19(21)15-9-5-7-11-17(15)24-3)20(22)16-10-6-8-12-18(16)25-4/h5-12,14H,13H2,1-4H3. The molecular formula is C20H23O5P. The van der Waals surface area contributed by atoms with E-state index in [1.54, 1.807) is 36.4 Å². The van der Waals surface area contributed by atoms with Crippen LogP contribution in [0.3, 0.4) is 0 Å². The van der Waals surface area contributed by atoms with Crippen molar-refractivity contribution >= 4 is 18.2 Å². The maximum atomic E-state index is 13.8. The van der Waals surface area contributed by atoms with Gasteiger partial charge in [-0.1, -0.05) is 38.1 Å². The second kappa shape index (κ2) is 8.33. The zero-order valence-electron chi connectivity index (χ0n) is 15.4. The van der Waals surface area contributed by atoms with Crippen LogP contribution in [0.25, 0.3) is 0 Å². The van der Waals surface area contributed by atoms with Crippen molar-refractivity contribution in [1.82, 2.24) is 0 Å². The van der Waals surface area contributed by atoms with E-state index >= 15 is 0 Å². The van der Waals surface area contributed by atoms with E-state index in [1.807, 2.05) is 13.8 Å². The minimum atomic E-state index is -3.92. The molecule has 0 aliphatic rings. The smallest absolute Gasteiger partial charge is 0.232 e. The van der Waals surface area contributed by atoms with Crippen LogP contribution in [0.1, 0.15) is 34.6 Å². The normalized spacial score (nSPS) is 11.3. The Bertz CT molecular complexity index is 793. The highest BCUT2D eigenvalue weighted by Crippen LogP contribution is 2.55. The number of para-hydroxylation sites is 2. The van der Waals surface area contributed by atoms with E-state index < -0.39 is 18.2 Å². The summed E-state index contributed by atoms with van der Waals surface area (Å²) in [6.07, 6.45) is -0.0131. The summed E-state index contributed by atoms with van der Waals surface area (Å²) in [5, 5.41) is 0. The van der Waals surface area contributed by atoms with Gasteiger partial charge in [-0.15, -0.1) is 0 Å². The third-order valence-electron chi connectivity index (χ3n) is 3.95. The SMILES string of the molecule is COc1ccccc1C(=O)P(=O)(CC(C)C)C(=O)c1ccccc1OC. The van der Waals surface area contributed by atoms with Crippen molar-refractivity contribution in [3.8, 4) is 11.5 Å². The molecule has 138 valence electrons. The Kier molecular flexibility index (Phi) is 6.38. The van der Waals surface area contributed by atoms with Gasteiger partial charge in [0.2, 0.25) is 18.2 Å². The monoisotopic (exact) mass is 374 g/mol. The lowest BCUT2D eigenvalue weighted by Crippen LogP contribution is -2.17. The number of methoxy groups -OCH3 is 2. The number of carbonyl (C=O) groups excluding carboxylic acids is 2. The molecule has 0 radical (unpaired) electrons. The summed E-state index contributed by atoms with van der Waals surface area (Å²) in [6, 6.07) is 13.0. The first kappa shape index (κ1) is 19.9. The number of hydrogen-bond acceptors (Lipinski definition) is 5. The summed E-state index contributed by atoms with van der Waals surface area (Å²) in [5.41, 5.74) is -1.05. The Morgan fingerprint density at radius 1 is 0.846 bits per heavy atom. The fourth-order valence-corrected chi connectivity index (χ4v) is 5.50. The molecule has 26 heavy (non-hydrogen) atoms. The maximum Gasteiger partial charge on any atom is 0.232 e. The van der Waals surface area contributed by atoms with Crippen molar-refractivity contribution in [2.45, 2.75) is 13.8 Å². The Balaban J connectivity index is 2.60. The molecule has 0 saturated carbocycles. The van der Waals surface area contributed by atoms with Gasteiger partial charge in [0.1, 0.15) is 11.5 Å². The largest absolute Gasteiger partial charge is 0.496 e. The number of benzene rings is 2. The van der Waals surface area contributed by atoms with Gasteiger partial charge in [0.15, 0.2) is 0 Å². The Morgan fingerprint density at radius 2 is 1.23 bits per heavy atom. The number of carbonyl (C=O) groups is 2. The van der Waals surface area contributed by atoms with E-state index in [2.05, 4.69) is 0 Å². The van der Waals surface area contributed by atoms with Crippen LogP contribution < -0.4 is 9.47 Å². The van der Waals surface area contributed by atoms with E-state index in [-0.39, 0.29) is 23.2 Å². The predicted octanol–water partition coefficient (Wildman–Crippen LogP) is 4.70. The number of hydrogen-bond donors (Lipinski definition) is 0. The van der Waals surface area contributed by atoms with Crippen molar-refractivity contribution in [2.75, 3.05) is 20.4 Å². The fourth-order valence-electron chi connectivity index (χ4n) is 2.80. The molecule has 0 spiro atoms. The summed E-state index contributed by atoms with van der Waals surface area (Å²) >= 11 is 0. The van der Waals surface area contributed by atoms with Gasteiger partial charge in [0.05, 0.1) is 25.3 Å². The molecule has 2 rings (SSSR count). The molecule has 0 bridgehead atoms. The van der Waals surface area contributed by atoms with E-state index in [9.17, 15) is 14.2 Å². The van der Waals surface area contributed by atoms with Crippen molar-refractivity contribution < 1.29 is 23.6 Å². The van der Waals surface area contributed by atoms with Gasteiger partial charge >= 0.3 is 0 Å². The van der Waals surface area contributed by atoms with Crippen LogP contribution in [-0.2, 0) is 4.57 Å². The predicted molar refractivity (Wildman–Crippen MR) is 102 cm³/mol. The molecule has 2 aromatic rings. The molecule has 0 fully saturated rings. The van der Waals surface area contributed by atoms with Crippen molar-refractivity contribution in [3.05, 3.63) is 59.7 Å². The minimum absolute atomic E-state index is 0.0131. The molecule has 0 atom stereocenters. The molecule has 0 aliphatic heterocycles. The topological polar surface area (TPSA) is 69.7 Å². The van der Waals surface area contributed by atoms with Crippen molar-refractivity contribution in [1.29, 1.82) is 0 Å². The summed E-state index contributed by atoms with van der Waals surface area (Å²) in [7, 11) is -1.06. The van der Waals surface area contributed by atoms with Gasteiger partial charge in [-0.25, -0.2) is 0 Å². The zero-order chi connectivity index (χ0) is 19.3. The zero-order valence-corrected chi connectivity index (χ0v) is 16.3. The van der Waals surface area contributed by atoms with E-state index in [4.69, 9.17) is 9.47 Å². The van der Waals surface area contributed by atoms with Crippen LogP contribution in [0, 0.1) is 5.92 Å². The molecular weight excluding hydrogens is 351 g/mol. The first-order valence-corrected chi connectivity index (χ1v) is 10.2. The van der Waals surface area contributed by atoms with Crippen LogP contribution in [0.4, 0.5) is 0 Å². The lowest BCUT2D eigenvalue weighted by atomic mass is 10.2. The molecule has 0 saturated heterocycles. The molecule has 0 amide bonds. The fraction of sp³-hybridized carbons (Fsp3) is 0.300. The van der Waals surface area contributed by atoms with Crippen LogP contribution in [0.5, 0.6) is 11.5 Å². The molecule has 5 nitrogen and oxygen atoms in total. The lowest BCUT2D eigenvalue weighted by Gasteiger charge is -2.20. The molecule has 0 unspecified atom stereocenters. The second-order valence-electron chi connectivity index (χ2n) is 6.33. The summed E-state index contributed by atoms with van der Waals surface area (Å²) in [5.74, 6) is 0.502. The van der Waals surface area contributed by atoms with Gasteiger partial charge in [-0.2, -0.15) is 0 Å². The number of ether oxygens (including phenoxy) is 2. The summed E-state index contributed by atoms with van der Waals surface area (Å²) < 4.78 is 24.2. The maximum absolute atomic E-state index is 13.8. The molecule has 0 aliphatic carbocycles. The third-order valence-corrected chi connectivity index (χ3v) is 6.99. The van der Waals surface area contributed by atoms with Crippen molar-refractivity contribution in [3.63, 3.8) is 0 Å². The quantitative estimate of drug-likeness (QED) is 0.626. The highest BCUT2D eigenvalue weighted by molar-refractivity contribution is 7.95. The summed E-state index contributed by atoms with van der Waals surface area (Å²) in [4.78, 5) is 26.4. The average molecular weight is 374 g/mol. The van der Waals surface area contributed by atoms with Crippen LogP contribution in [0.2, 0.25) is 0 Å². The first-order chi connectivity index (χ1) is 12.3. The van der Waals surface area contributed by atoms with Gasteiger partial charge < -0.3 is 14.0 Å². The van der Waals surface area contributed by atoms with Gasteiger partial charge in [-0.3, -0.25) is 9.59 Å². The van der Waals surface area contributed by atoms with Gasteiger partial charge in [0.25, 0.3) is 0 Å². The highest BCUT2D eigenvalue weighted by Gasteiger charge is 2.43. The Labute approximate surface area is 153 Å². The molecule has 0 heterocycles. The third kappa shape index (κ3) is 3.88. The average Bonchev–Trinajstić information content (AvgIpc) is 2.65. The van der Waals surface area contributed by atoms with Crippen LogP contribution >= 0.6 is 7.14 Å². The van der Waals surface area contributed by atoms with Gasteiger partial charge in [0, 0.05) is 6.16 Å². The van der Waals surface area contributed by atoms with Gasteiger partial charge in [-0.05, 0) is 30.2 Å². The molecule has 6 heteroatoms. The molecule has 2 aromatic carbocycles. The Hall–Kier alpha value is -2.39. The lowest BCUT2D eigenvalue weighted by molar-refractivity contribution is 0.103. The first-order valence-electron chi connectivity index (χ1n) is 8.30. The minimum Gasteiger partial charge on any atom is -0.496 e. The molecule has 0 aromatic heterocycles. The second-order valence-corrected chi connectivity index (χ2v) is 8.98. The Morgan fingerprint density at radius 3 is 1.58 bits per heavy atom. The van der Waals surface area contributed by atoms with Crippen LogP contribution in [-0.4, -0.2) is 31.4 Å². The summed E-state index contributed by atoms with van der Waals surface area (Å²) in [6.45, 7) is 3.66. The molecule has 0 N–H and O–H groups in total. The van der Waals surface area contributed by atoms with E-state index in [1.165, 1.54) is 26.4 Å². The van der Waals surface area contributed by atoms with E-state index in [0.717, 1.165) is 0 Å². The van der Waals surface area contributed by atoms with Crippen LogP contribution in [0.15, 0.2) is 48.5 Å². The van der Waals surface area contributed by atoms with Crippen molar-refractivity contribution in [2.24, 2.45) is 5.92 Å². The highest BCUT2D eigenvalue weighted by atomic mass is 31.2. The van der Waals surface area contributed by atoms with E-state index in [0.29, 0.717) is 11.5 Å². The number of rotatable bonds is 8.